The van der Waals surface area contributed by atoms with Gasteiger partial charge in [-0.05, 0) is 19.1 Å². The maximum Gasteiger partial charge on any atom is 0.253 e. The minimum atomic E-state index is -0.806. The third-order valence-electron chi connectivity index (χ3n) is 2.07. The molecule has 0 heterocycles. The molecule has 0 saturated carbocycles. The van der Waals surface area contributed by atoms with Crippen molar-refractivity contribution in [3.8, 4) is 0 Å². The highest BCUT2D eigenvalue weighted by molar-refractivity contribution is 6.44. The van der Waals surface area contributed by atoms with Gasteiger partial charge in [-0.3, -0.25) is 4.79 Å². The van der Waals surface area contributed by atoms with Crippen LogP contribution in [0.2, 0.25) is 0 Å². The first-order valence-corrected chi connectivity index (χ1v) is 5.60. The number of benzene rings is 1. The van der Waals surface area contributed by atoms with Gasteiger partial charge in [-0.1, -0.05) is 17.7 Å². The van der Waals surface area contributed by atoms with Crippen LogP contribution in [-0.4, -0.2) is 24.1 Å². The number of ether oxygens (including phenoxy) is 1. The number of carbonyl (C=O) groups excluding carboxylic acids is 1. The third kappa shape index (κ3) is 3.67. The van der Waals surface area contributed by atoms with Crippen molar-refractivity contribution in [2.75, 3.05) is 7.11 Å². The van der Waals surface area contributed by atoms with Crippen LogP contribution in [0.15, 0.2) is 24.3 Å². The Hall–Kier alpha value is -0.770. The zero-order valence-electron chi connectivity index (χ0n) is 9.04. The zero-order chi connectivity index (χ0) is 12.1. The summed E-state index contributed by atoms with van der Waals surface area (Å²) in [5.41, 5.74) is 1.63. The van der Waals surface area contributed by atoms with Gasteiger partial charge < -0.3 is 10.1 Å². The fourth-order valence-electron chi connectivity index (χ4n) is 1.14. The van der Waals surface area contributed by atoms with E-state index in [4.69, 9.17) is 27.9 Å². The van der Waals surface area contributed by atoms with E-state index in [2.05, 4.69) is 5.32 Å². The Morgan fingerprint density at radius 1 is 1.31 bits per heavy atom. The van der Waals surface area contributed by atoms with E-state index in [1.165, 1.54) is 7.11 Å². The van der Waals surface area contributed by atoms with E-state index < -0.39 is 11.1 Å². The first-order valence-electron chi connectivity index (χ1n) is 4.73. The van der Waals surface area contributed by atoms with Crippen LogP contribution >= 0.6 is 23.2 Å². The summed E-state index contributed by atoms with van der Waals surface area (Å²) >= 11 is 11.3. The smallest absolute Gasteiger partial charge is 0.253 e. The number of aryl methyl sites for hydroxylation is 1. The second-order valence-corrected chi connectivity index (χ2v) is 4.49. The topological polar surface area (TPSA) is 38.3 Å². The van der Waals surface area contributed by atoms with E-state index in [9.17, 15) is 4.79 Å². The van der Waals surface area contributed by atoms with Crippen molar-refractivity contribution in [2.45, 2.75) is 18.0 Å². The van der Waals surface area contributed by atoms with Crippen molar-refractivity contribution in [1.82, 2.24) is 5.32 Å². The molecule has 0 spiro atoms. The lowest BCUT2D eigenvalue weighted by Crippen LogP contribution is -2.40. The second-order valence-electron chi connectivity index (χ2n) is 3.33. The SMILES string of the molecule is COC(NC(=O)c1ccc(C)cc1)C(Cl)Cl. The van der Waals surface area contributed by atoms with Gasteiger partial charge in [-0.25, -0.2) is 0 Å². The van der Waals surface area contributed by atoms with E-state index in [-0.39, 0.29) is 5.91 Å². The highest BCUT2D eigenvalue weighted by atomic mass is 35.5. The predicted molar refractivity (Wildman–Crippen MR) is 64.9 cm³/mol. The van der Waals surface area contributed by atoms with Gasteiger partial charge in [0.2, 0.25) is 0 Å². The Labute approximate surface area is 105 Å². The van der Waals surface area contributed by atoms with Crippen LogP contribution in [0.1, 0.15) is 15.9 Å². The molecule has 1 unspecified atom stereocenters. The summed E-state index contributed by atoms with van der Waals surface area (Å²) in [4.78, 5) is 10.9. The van der Waals surface area contributed by atoms with Gasteiger partial charge in [0.05, 0.1) is 0 Å². The number of methoxy groups -OCH3 is 1. The molecule has 1 aromatic carbocycles. The van der Waals surface area contributed by atoms with Crippen LogP contribution < -0.4 is 5.32 Å². The van der Waals surface area contributed by atoms with E-state index in [0.717, 1.165) is 5.56 Å². The molecule has 1 rings (SSSR count). The first kappa shape index (κ1) is 13.3. The summed E-state index contributed by atoms with van der Waals surface area (Å²) in [6, 6.07) is 7.18. The summed E-state index contributed by atoms with van der Waals surface area (Å²) < 4.78 is 4.93. The largest absolute Gasteiger partial charge is 0.359 e. The maximum absolute atomic E-state index is 11.7. The number of carbonyl (C=O) groups is 1. The monoisotopic (exact) mass is 261 g/mol. The quantitative estimate of drug-likeness (QED) is 0.668. The van der Waals surface area contributed by atoms with Crippen LogP contribution in [0.3, 0.4) is 0 Å². The minimum absolute atomic E-state index is 0.266. The molecule has 0 bridgehead atoms. The van der Waals surface area contributed by atoms with Gasteiger partial charge >= 0.3 is 0 Å². The van der Waals surface area contributed by atoms with Crippen LogP contribution in [0.25, 0.3) is 0 Å². The van der Waals surface area contributed by atoms with Crippen LogP contribution in [-0.2, 0) is 4.74 Å². The maximum atomic E-state index is 11.7. The fourth-order valence-corrected chi connectivity index (χ4v) is 1.47. The molecule has 1 N–H and O–H groups in total. The Morgan fingerprint density at radius 2 is 1.88 bits per heavy atom. The molecule has 0 radical (unpaired) electrons. The normalized spacial score (nSPS) is 12.6. The summed E-state index contributed by atoms with van der Waals surface area (Å²) in [5.74, 6) is -0.266. The van der Waals surface area contributed by atoms with Crippen LogP contribution in [0.5, 0.6) is 0 Å². The second kappa shape index (κ2) is 6.09. The lowest BCUT2D eigenvalue weighted by Gasteiger charge is -2.17. The van der Waals surface area contributed by atoms with E-state index in [1.54, 1.807) is 12.1 Å². The number of alkyl halides is 2. The molecule has 0 aromatic heterocycles. The molecule has 1 amide bonds. The van der Waals surface area contributed by atoms with Gasteiger partial charge in [0.25, 0.3) is 5.91 Å². The molecular formula is C11H13Cl2NO2. The fraction of sp³-hybridized carbons (Fsp3) is 0.364. The molecule has 88 valence electrons. The van der Waals surface area contributed by atoms with Crippen molar-refractivity contribution in [1.29, 1.82) is 0 Å². The number of rotatable bonds is 4. The van der Waals surface area contributed by atoms with Gasteiger partial charge in [0, 0.05) is 12.7 Å². The first-order chi connectivity index (χ1) is 7.54. The summed E-state index contributed by atoms with van der Waals surface area (Å²) in [6.45, 7) is 1.95. The minimum Gasteiger partial charge on any atom is -0.359 e. The molecule has 1 atom stereocenters. The van der Waals surface area contributed by atoms with Gasteiger partial charge in [-0.15, -0.1) is 23.2 Å². The van der Waals surface area contributed by atoms with Crippen molar-refractivity contribution >= 4 is 29.1 Å². The summed E-state index contributed by atoms with van der Waals surface area (Å²) in [7, 11) is 1.43. The number of hydrogen-bond donors (Lipinski definition) is 1. The molecule has 5 heteroatoms. The molecule has 0 aliphatic carbocycles. The molecule has 3 nitrogen and oxygen atoms in total. The van der Waals surface area contributed by atoms with Gasteiger partial charge in [0.1, 0.15) is 0 Å². The standard InChI is InChI=1S/C11H13Cl2NO2/c1-7-3-5-8(6-4-7)10(15)14-11(16-2)9(12)13/h3-6,9,11H,1-2H3,(H,14,15). The van der Waals surface area contributed by atoms with Crippen molar-refractivity contribution in [3.05, 3.63) is 35.4 Å². The molecular weight excluding hydrogens is 249 g/mol. The summed E-state index contributed by atoms with van der Waals surface area (Å²) in [6.07, 6.45) is -0.711. The molecule has 0 fully saturated rings. The lowest BCUT2D eigenvalue weighted by atomic mass is 10.1. The van der Waals surface area contributed by atoms with Crippen molar-refractivity contribution in [2.24, 2.45) is 0 Å². The number of hydrogen-bond acceptors (Lipinski definition) is 2. The molecule has 1 aromatic rings. The van der Waals surface area contributed by atoms with Gasteiger partial charge in [0.15, 0.2) is 11.1 Å². The van der Waals surface area contributed by atoms with Crippen LogP contribution in [0.4, 0.5) is 0 Å². The molecule has 0 saturated heterocycles. The highest BCUT2D eigenvalue weighted by Crippen LogP contribution is 2.10. The Bertz CT molecular complexity index is 352. The Kier molecular flexibility index (Phi) is 5.06. The summed E-state index contributed by atoms with van der Waals surface area (Å²) in [5, 5.41) is 2.58. The number of amides is 1. The average molecular weight is 262 g/mol. The lowest BCUT2D eigenvalue weighted by molar-refractivity contribution is 0.0636. The van der Waals surface area contributed by atoms with E-state index in [0.29, 0.717) is 5.56 Å². The predicted octanol–water partition coefficient (Wildman–Crippen LogP) is 2.50. The zero-order valence-corrected chi connectivity index (χ0v) is 10.5. The molecule has 16 heavy (non-hydrogen) atoms. The molecule has 0 aliphatic rings. The highest BCUT2D eigenvalue weighted by Gasteiger charge is 2.19. The third-order valence-corrected chi connectivity index (χ3v) is 2.53. The Balaban J connectivity index is 2.68. The molecule has 0 aliphatic heterocycles. The van der Waals surface area contributed by atoms with E-state index >= 15 is 0 Å². The van der Waals surface area contributed by atoms with E-state index in [1.807, 2.05) is 19.1 Å². The average Bonchev–Trinajstić information content (AvgIpc) is 2.26. The number of halogens is 2. The van der Waals surface area contributed by atoms with Crippen molar-refractivity contribution in [3.63, 3.8) is 0 Å². The number of nitrogens with one attached hydrogen (secondary N) is 1. The van der Waals surface area contributed by atoms with Crippen molar-refractivity contribution < 1.29 is 9.53 Å². The van der Waals surface area contributed by atoms with Gasteiger partial charge in [-0.2, -0.15) is 0 Å². The van der Waals surface area contributed by atoms with Crippen LogP contribution in [0, 0.1) is 6.92 Å². The Morgan fingerprint density at radius 3 is 2.31 bits per heavy atom.